The predicted molar refractivity (Wildman–Crippen MR) is 128 cm³/mol. The van der Waals surface area contributed by atoms with Crippen molar-refractivity contribution < 1.29 is 13.9 Å². The zero-order chi connectivity index (χ0) is 23.0. The summed E-state index contributed by atoms with van der Waals surface area (Å²) in [7, 11) is 0. The van der Waals surface area contributed by atoms with Crippen molar-refractivity contribution in [2.75, 3.05) is 0 Å². The maximum atomic E-state index is 12.2. The highest BCUT2D eigenvalue weighted by Crippen LogP contribution is 2.37. The number of fused-ring (bicyclic) bond motifs is 3. The number of piperidine rings is 1. The molecular weight excluding hydrogens is 414 g/mol. The van der Waals surface area contributed by atoms with Crippen LogP contribution in [0.15, 0.2) is 52.9 Å². The highest BCUT2D eigenvalue weighted by molar-refractivity contribution is 5.72. The second-order valence-corrected chi connectivity index (χ2v) is 10.4. The third kappa shape index (κ3) is 5.22. The van der Waals surface area contributed by atoms with Gasteiger partial charge in [-0.1, -0.05) is 36.4 Å². The van der Waals surface area contributed by atoms with E-state index in [9.17, 15) is 4.79 Å². The van der Waals surface area contributed by atoms with Crippen molar-refractivity contribution in [2.24, 2.45) is 0 Å². The van der Waals surface area contributed by atoms with E-state index in [-0.39, 0.29) is 12.1 Å². The summed E-state index contributed by atoms with van der Waals surface area (Å²) >= 11 is 0. The van der Waals surface area contributed by atoms with Crippen molar-refractivity contribution in [2.45, 2.75) is 83.1 Å². The Morgan fingerprint density at radius 1 is 1.06 bits per heavy atom. The zero-order valence-electron chi connectivity index (χ0n) is 19.7. The number of rotatable bonds is 5. The summed E-state index contributed by atoms with van der Waals surface area (Å²) in [6.45, 7) is 6.66. The first-order valence-corrected chi connectivity index (χ1v) is 12.0. The Balaban J connectivity index is 1.17. The molecule has 6 nitrogen and oxygen atoms in total. The van der Waals surface area contributed by atoms with Gasteiger partial charge in [-0.05, 0) is 69.7 Å². The normalized spacial score (nSPS) is 23.1. The molecule has 33 heavy (non-hydrogen) atoms. The molecular formula is C27H33N3O3. The largest absolute Gasteiger partial charge is 0.444 e. The molecule has 3 aromatic rings. The van der Waals surface area contributed by atoms with Crippen LogP contribution in [0, 0.1) is 0 Å². The Morgan fingerprint density at radius 3 is 2.39 bits per heavy atom. The molecule has 0 aliphatic carbocycles. The molecule has 0 spiro atoms. The molecule has 2 saturated heterocycles. The highest BCUT2D eigenvalue weighted by atomic mass is 16.6. The minimum absolute atomic E-state index is 0.201. The first kappa shape index (κ1) is 22.0. The van der Waals surface area contributed by atoms with Crippen LogP contribution in [0.1, 0.15) is 63.5 Å². The van der Waals surface area contributed by atoms with Crippen LogP contribution in [-0.2, 0) is 17.7 Å². The molecule has 1 unspecified atom stereocenters. The van der Waals surface area contributed by atoms with Gasteiger partial charge in [0.2, 0.25) is 0 Å². The van der Waals surface area contributed by atoms with E-state index in [1.807, 2.05) is 45.0 Å². The van der Waals surface area contributed by atoms with Crippen LogP contribution in [0.2, 0.25) is 0 Å². The quantitative estimate of drug-likeness (QED) is 0.564. The Morgan fingerprint density at radius 2 is 1.73 bits per heavy atom. The molecule has 1 N–H and O–H groups in total. The van der Waals surface area contributed by atoms with E-state index in [1.54, 1.807) is 0 Å². The lowest BCUT2D eigenvalue weighted by atomic mass is 9.96. The van der Waals surface area contributed by atoms with Crippen molar-refractivity contribution in [1.82, 2.24) is 15.2 Å². The molecule has 2 aliphatic rings. The number of ether oxygens (including phenoxy) is 1. The van der Waals surface area contributed by atoms with Crippen LogP contribution < -0.4 is 5.32 Å². The predicted octanol–water partition coefficient (Wildman–Crippen LogP) is 5.44. The summed E-state index contributed by atoms with van der Waals surface area (Å²) in [5, 5.41) is 3.10. The highest BCUT2D eigenvalue weighted by Gasteiger charge is 2.41. The monoisotopic (exact) mass is 447 g/mol. The Kier molecular flexibility index (Phi) is 5.87. The van der Waals surface area contributed by atoms with Crippen molar-refractivity contribution >= 4 is 17.2 Å². The van der Waals surface area contributed by atoms with E-state index in [0.717, 1.165) is 36.4 Å². The van der Waals surface area contributed by atoms with Crippen molar-refractivity contribution in [3.63, 3.8) is 0 Å². The van der Waals surface area contributed by atoms with E-state index < -0.39 is 5.60 Å². The molecule has 0 saturated carbocycles. The van der Waals surface area contributed by atoms with Crippen molar-refractivity contribution in [1.29, 1.82) is 0 Å². The van der Waals surface area contributed by atoms with E-state index in [4.69, 9.17) is 9.15 Å². The van der Waals surface area contributed by atoms with Crippen molar-refractivity contribution in [3.8, 4) is 0 Å². The second kappa shape index (κ2) is 8.82. The topological polar surface area (TPSA) is 67.6 Å². The number of benzene rings is 2. The van der Waals surface area contributed by atoms with Gasteiger partial charge in [-0.15, -0.1) is 0 Å². The number of hydrogen-bond acceptors (Lipinski definition) is 5. The van der Waals surface area contributed by atoms with Gasteiger partial charge in [-0.25, -0.2) is 9.78 Å². The fourth-order valence-corrected chi connectivity index (χ4v) is 5.27. The SMILES string of the molecule is CC(C)(C)OC(=O)NC1C[C@H]2CC[C@@H](C1)N2Cc1ccc(Cc2nc3ccccc3o2)cc1. The number of hydrogen-bond donors (Lipinski definition) is 1. The minimum atomic E-state index is -0.462. The summed E-state index contributed by atoms with van der Waals surface area (Å²) in [5.74, 6) is 0.751. The van der Waals surface area contributed by atoms with Crippen molar-refractivity contribution in [3.05, 3.63) is 65.5 Å². The number of nitrogens with one attached hydrogen (secondary N) is 1. The Hall–Kier alpha value is -2.86. The molecule has 1 aromatic heterocycles. The maximum Gasteiger partial charge on any atom is 0.407 e. The number of amides is 1. The van der Waals surface area contributed by atoms with Gasteiger partial charge in [0.05, 0.1) is 0 Å². The molecule has 1 amide bonds. The van der Waals surface area contributed by atoms with Crippen LogP contribution in [0.3, 0.4) is 0 Å². The molecule has 2 fully saturated rings. The fraction of sp³-hybridized carbons (Fsp3) is 0.481. The number of alkyl carbamates (subject to hydrolysis) is 1. The summed E-state index contributed by atoms with van der Waals surface area (Å²) in [4.78, 5) is 19.4. The van der Waals surface area contributed by atoms with Gasteiger partial charge in [0, 0.05) is 31.1 Å². The first-order valence-electron chi connectivity index (χ1n) is 12.0. The summed E-state index contributed by atoms with van der Waals surface area (Å²) < 4.78 is 11.3. The van der Waals surface area contributed by atoms with Gasteiger partial charge < -0.3 is 14.5 Å². The maximum absolute atomic E-state index is 12.2. The average molecular weight is 448 g/mol. The van der Waals surface area contributed by atoms with E-state index in [1.165, 1.54) is 24.0 Å². The summed E-state index contributed by atoms with van der Waals surface area (Å²) in [6.07, 6.45) is 4.79. The van der Waals surface area contributed by atoms with Gasteiger partial charge in [0.25, 0.3) is 0 Å². The van der Waals surface area contributed by atoms with Gasteiger partial charge in [0.15, 0.2) is 11.5 Å². The second-order valence-electron chi connectivity index (χ2n) is 10.4. The number of aromatic nitrogens is 1. The van der Waals surface area contributed by atoms with Crippen LogP contribution in [0.4, 0.5) is 4.79 Å². The lowest BCUT2D eigenvalue weighted by molar-refractivity contribution is 0.0436. The molecule has 2 aliphatic heterocycles. The average Bonchev–Trinajstić information content (AvgIpc) is 3.25. The van der Waals surface area contributed by atoms with Crippen LogP contribution in [0.25, 0.3) is 11.1 Å². The van der Waals surface area contributed by atoms with Crippen LogP contribution in [-0.4, -0.2) is 39.7 Å². The molecule has 2 bridgehead atoms. The zero-order valence-corrected chi connectivity index (χ0v) is 19.7. The summed E-state index contributed by atoms with van der Waals surface area (Å²) in [6, 6.07) is 17.9. The molecule has 6 heteroatoms. The number of nitrogens with zero attached hydrogens (tertiary/aromatic N) is 2. The van der Waals surface area contributed by atoms with Gasteiger partial charge >= 0.3 is 6.09 Å². The minimum Gasteiger partial charge on any atom is -0.444 e. The molecule has 3 heterocycles. The lowest BCUT2D eigenvalue weighted by Crippen LogP contribution is -2.50. The molecule has 0 radical (unpaired) electrons. The molecule has 174 valence electrons. The Labute approximate surface area is 195 Å². The lowest BCUT2D eigenvalue weighted by Gasteiger charge is -2.39. The number of carbonyl (C=O) groups excluding carboxylic acids is 1. The van der Waals surface area contributed by atoms with Crippen LogP contribution in [0.5, 0.6) is 0 Å². The molecule has 3 atom stereocenters. The van der Waals surface area contributed by atoms with E-state index in [0.29, 0.717) is 18.5 Å². The number of oxazole rings is 1. The standard InChI is InChI=1S/C27H33N3O3/c1-27(2,3)33-26(31)28-20-15-21-12-13-22(16-20)30(21)17-19-10-8-18(9-11-19)14-25-29-23-6-4-5-7-24(23)32-25/h4-11,20-22H,12-17H2,1-3H3,(H,28,31)/t20?,21-,22+. The number of para-hydroxylation sites is 2. The smallest absolute Gasteiger partial charge is 0.407 e. The van der Waals surface area contributed by atoms with E-state index in [2.05, 4.69) is 39.5 Å². The third-order valence-electron chi connectivity index (χ3n) is 6.69. The third-order valence-corrected chi connectivity index (χ3v) is 6.69. The molecule has 5 rings (SSSR count). The van der Waals surface area contributed by atoms with Gasteiger partial charge in [-0.3, -0.25) is 4.90 Å². The van der Waals surface area contributed by atoms with Crippen LogP contribution >= 0.6 is 0 Å². The van der Waals surface area contributed by atoms with Gasteiger partial charge in [-0.2, -0.15) is 0 Å². The van der Waals surface area contributed by atoms with E-state index >= 15 is 0 Å². The summed E-state index contributed by atoms with van der Waals surface area (Å²) in [5.41, 5.74) is 3.81. The van der Waals surface area contributed by atoms with Gasteiger partial charge in [0.1, 0.15) is 11.1 Å². The first-order chi connectivity index (χ1) is 15.8. The molecule has 2 aromatic carbocycles. The fourth-order valence-electron chi connectivity index (χ4n) is 5.27. The Bertz CT molecular complexity index is 1070. The number of carbonyl (C=O) groups is 1.